The summed E-state index contributed by atoms with van der Waals surface area (Å²) in [5.41, 5.74) is 0.874. The van der Waals surface area contributed by atoms with Crippen molar-refractivity contribution < 1.29 is 23.7 Å². The van der Waals surface area contributed by atoms with Gasteiger partial charge in [-0.15, -0.1) is 0 Å². The van der Waals surface area contributed by atoms with Crippen LogP contribution in [0.3, 0.4) is 0 Å². The fraction of sp³-hybridized carbons (Fsp3) is 0.143. The van der Waals surface area contributed by atoms with Gasteiger partial charge < -0.3 is 24.3 Å². The van der Waals surface area contributed by atoms with E-state index in [4.69, 9.17) is 18.9 Å². The van der Waals surface area contributed by atoms with Crippen LogP contribution in [0.1, 0.15) is 10.4 Å². The fourth-order valence-corrected chi connectivity index (χ4v) is 2.96. The summed E-state index contributed by atoms with van der Waals surface area (Å²) < 4.78 is 22.5. The first-order chi connectivity index (χ1) is 14.0. The maximum absolute atomic E-state index is 12.6. The number of amides is 1. The minimum Gasteiger partial charge on any atom is -0.493 e. The summed E-state index contributed by atoms with van der Waals surface area (Å²) in [6, 6.07) is 14.0. The van der Waals surface area contributed by atoms with Gasteiger partial charge in [-0.2, -0.15) is 0 Å². The zero-order valence-electron chi connectivity index (χ0n) is 16.1. The Morgan fingerprint density at radius 3 is 2.24 bits per heavy atom. The van der Waals surface area contributed by atoms with Gasteiger partial charge in [0.05, 0.1) is 26.9 Å². The lowest BCUT2D eigenvalue weighted by Crippen LogP contribution is -2.12. The van der Waals surface area contributed by atoms with E-state index in [1.54, 1.807) is 24.3 Å². The van der Waals surface area contributed by atoms with Crippen molar-refractivity contribution in [3.05, 3.63) is 64.8 Å². The van der Waals surface area contributed by atoms with Crippen molar-refractivity contribution >= 4 is 27.5 Å². The van der Waals surface area contributed by atoms with Gasteiger partial charge in [-0.05, 0) is 24.3 Å². The molecule has 3 aromatic rings. The number of nitrogens with zero attached hydrogens (tertiary/aromatic N) is 1. The number of halogens is 1. The number of hydrogen-bond acceptors (Lipinski definition) is 6. The SMILES string of the molecule is COc1cc(NC(=O)c2ccc(Oc3cccc(Br)c3)nc2)cc(OC)c1OC. The molecule has 0 bridgehead atoms. The molecule has 3 rings (SSSR count). The average molecular weight is 459 g/mol. The van der Waals surface area contributed by atoms with Crippen LogP contribution in [0.2, 0.25) is 0 Å². The molecule has 0 aliphatic rings. The molecule has 0 saturated heterocycles. The molecule has 0 spiro atoms. The summed E-state index contributed by atoms with van der Waals surface area (Å²) >= 11 is 3.39. The molecule has 1 heterocycles. The lowest BCUT2D eigenvalue weighted by atomic mass is 10.2. The van der Waals surface area contributed by atoms with E-state index in [1.807, 2.05) is 24.3 Å². The third-order valence-corrected chi connectivity index (χ3v) is 4.43. The van der Waals surface area contributed by atoms with Crippen molar-refractivity contribution in [3.8, 4) is 28.9 Å². The van der Waals surface area contributed by atoms with Crippen LogP contribution in [-0.4, -0.2) is 32.2 Å². The number of carbonyl (C=O) groups excluding carboxylic acids is 1. The van der Waals surface area contributed by atoms with Crippen molar-refractivity contribution in [2.45, 2.75) is 0 Å². The number of methoxy groups -OCH3 is 3. The van der Waals surface area contributed by atoms with Crippen LogP contribution in [0.5, 0.6) is 28.9 Å². The molecule has 7 nitrogen and oxygen atoms in total. The summed E-state index contributed by atoms with van der Waals surface area (Å²) in [6.45, 7) is 0. The Morgan fingerprint density at radius 2 is 1.69 bits per heavy atom. The van der Waals surface area contributed by atoms with E-state index in [0.29, 0.717) is 40.1 Å². The van der Waals surface area contributed by atoms with Gasteiger partial charge in [-0.25, -0.2) is 4.98 Å². The minimum atomic E-state index is -0.333. The van der Waals surface area contributed by atoms with E-state index in [9.17, 15) is 4.79 Å². The molecule has 1 aromatic heterocycles. The third-order valence-electron chi connectivity index (χ3n) is 3.94. The summed E-state index contributed by atoms with van der Waals surface area (Å²) in [5.74, 6) is 2.02. The highest BCUT2D eigenvalue weighted by atomic mass is 79.9. The molecule has 2 aromatic carbocycles. The standard InChI is InChI=1S/C21H19BrN2O5/c1-26-17-10-15(11-18(27-2)20(17)28-3)24-21(25)13-7-8-19(23-12-13)29-16-6-4-5-14(22)9-16/h4-12H,1-3H3,(H,24,25). The van der Waals surface area contributed by atoms with Gasteiger partial charge in [0.2, 0.25) is 11.6 Å². The quantitative estimate of drug-likeness (QED) is 0.541. The molecule has 0 radical (unpaired) electrons. The van der Waals surface area contributed by atoms with Gasteiger partial charge in [-0.1, -0.05) is 22.0 Å². The first-order valence-corrected chi connectivity index (χ1v) is 9.34. The minimum absolute atomic E-state index is 0.333. The maximum atomic E-state index is 12.6. The van der Waals surface area contributed by atoms with Crippen LogP contribution in [0, 0.1) is 0 Å². The number of ether oxygens (including phenoxy) is 4. The van der Waals surface area contributed by atoms with Gasteiger partial charge in [-0.3, -0.25) is 4.79 Å². The molecule has 8 heteroatoms. The highest BCUT2D eigenvalue weighted by Crippen LogP contribution is 2.40. The number of aromatic nitrogens is 1. The van der Waals surface area contributed by atoms with E-state index < -0.39 is 0 Å². The van der Waals surface area contributed by atoms with Crippen LogP contribution in [-0.2, 0) is 0 Å². The molecule has 0 aliphatic carbocycles. The second-order valence-electron chi connectivity index (χ2n) is 5.81. The Morgan fingerprint density at radius 1 is 0.966 bits per heavy atom. The zero-order chi connectivity index (χ0) is 20.8. The molecule has 1 N–H and O–H groups in total. The normalized spacial score (nSPS) is 10.2. The third kappa shape index (κ3) is 4.97. The van der Waals surface area contributed by atoms with Gasteiger partial charge >= 0.3 is 0 Å². The van der Waals surface area contributed by atoms with Crippen molar-refractivity contribution in [1.82, 2.24) is 4.98 Å². The number of nitrogens with one attached hydrogen (secondary N) is 1. The highest BCUT2D eigenvalue weighted by molar-refractivity contribution is 9.10. The maximum Gasteiger partial charge on any atom is 0.257 e. The van der Waals surface area contributed by atoms with E-state index in [-0.39, 0.29) is 5.91 Å². The molecule has 29 heavy (non-hydrogen) atoms. The molecule has 0 unspecified atom stereocenters. The van der Waals surface area contributed by atoms with Crippen molar-refractivity contribution in [1.29, 1.82) is 0 Å². The van der Waals surface area contributed by atoms with Crippen LogP contribution >= 0.6 is 15.9 Å². The number of hydrogen-bond donors (Lipinski definition) is 1. The molecule has 150 valence electrons. The second kappa shape index (κ2) is 9.29. The summed E-state index contributed by atoms with van der Waals surface area (Å²) in [6.07, 6.45) is 1.45. The molecule has 0 saturated carbocycles. The number of carbonyl (C=O) groups is 1. The number of anilines is 1. The zero-order valence-corrected chi connectivity index (χ0v) is 17.6. The topological polar surface area (TPSA) is 78.9 Å². The molecular formula is C21H19BrN2O5. The predicted octanol–water partition coefficient (Wildman–Crippen LogP) is 4.91. The summed E-state index contributed by atoms with van der Waals surface area (Å²) in [7, 11) is 4.54. The van der Waals surface area contributed by atoms with Crippen molar-refractivity contribution in [2.75, 3.05) is 26.6 Å². The first-order valence-electron chi connectivity index (χ1n) is 8.55. The molecule has 0 aliphatic heterocycles. The second-order valence-corrected chi connectivity index (χ2v) is 6.73. The van der Waals surface area contributed by atoms with E-state index in [1.165, 1.54) is 27.5 Å². The lowest BCUT2D eigenvalue weighted by molar-refractivity contribution is 0.102. The Labute approximate surface area is 176 Å². The van der Waals surface area contributed by atoms with E-state index >= 15 is 0 Å². The number of benzene rings is 2. The Bertz CT molecular complexity index is 983. The predicted molar refractivity (Wildman–Crippen MR) is 113 cm³/mol. The van der Waals surface area contributed by atoms with Crippen molar-refractivity contribution in [3.63, 3.8) is 0 Å². The molecule has 1 amide bonds. The van der Waals surface area contributed by atoms with Gasteiger partial charge in [0.15, 0.2) is 11.5 Å². The van der Waals surface area contributed by atoms with Crippen molar-refractivity contribution in [2.24, 2.45) is 0 Å². The fourth-order valence-electron chi connectivity index (χ4n) is 2.58. The van der Waals surface area contributed by atoms with Crippen LogP contribution < -0.4 is 24.3 Å². The highest BCUT2D eigenvalue weighted by Gasteiger charge is 2.15. The average Bonchev–Trinajstić information content (AvgIpc) is 2.73. The Kier molecular flexibility index (Phi) is 6.56. The largest absolute Gasteiger partial charge is 0.493 e. The Balaban J connectivity index is 1.74. The van der Waals surface area contributed by atoms with E-state index in [2.05, 4.69) is 26.2 Å². The summed E-state index contributed by atoms with van der Waals surface area (Å²) in [5, 5.41) is 2.79. The Hall–Kier alpha value is -3.26. The molecule has 0 atom stereocenters. The van der Waals surface area contributed by atoms with Gasteiger partial charge in [0.25, 0.3) is 5.91 Å². The lowest BCUT2D eigenvalue weighted by Gasteiger charge is -2.14. The number of rotatable bonds is 7. The van der Waals surface area contributed by atoms with E-state index in [0.717, 1.165) is 4.47 Å². The van der Waals surface area contributed by atoms with Gasteiger partial charge in [0, 0.05) is 34.6 Å². The van der Waals surface area contributed by atoms with Crippen LogP contribution in [0.25, 0.3) is 0 Å². The van der Waals surface area contributed by atoms with Crippen LogP contribution in [0.15, 0.2) is 59.2 Å². The molecular weight excluding hydrogens is 440 g/mol. The van der Waals surface area contributed by atoms with Crippen LogP contribution in [0.4, 0.5) is 5.69 Å². The molecule has 0 fully saturated rings. The number of pyridine rings is 1. The van der Waals surface area contributed by atoms with Gasteiger partial charge in [0.1, 0.15) is 5.75 Å². The smallest absolute Gasteiger partial charge is 0.257 e. The summed E-state index contributed by atoms with van der Waals surface area (Å²) in [4.78, 5) is 16.8. The first kappa shape index (κ1) is 20.5. The monoisotopic (exact) mass is 458 g/mol.